The Morgan fingerprint density at radius 2 is 1.89 bits per heavy atom. The van der Waals surface area contributed by atoms with Crippen molar-refractivity contribution < 1.29 is 19.1 Å². The Labute approximate surface area is 161 Å². The van der Waals surface area contributed by atoms with Gasteiger partial charge in [-0.2, -0.15) is 0 Å². The average molecular weight is 387 g/mol. The van der Waals surface area contributed by atoms with Crippen LogP contribution in [0.4, 0.5) is 0 Å². The maximum Gasteiger partial charge on any atom is 0.338 e. The van der Waals surface area contributed by atoms with Gasteiger partial charge in [0.25, 0.3) is 5.56 Å². The number of esters is 2. The monoisotopic (exact) mass is 387 g/mol. The molecule has 2 aromatic rings. The van der Waals surface area contributed by atoms with Crippen LogP contribution in [0.15, 0.2) is 52.3 Å². The van der Waals surface area contributed by atoms with Crippen LogP contribution in [0.2, 0.25) is 0 Å². The van der Waals surface area contributed by atoms with Crippen molar-refractivity contribution in [2.24, 2.45) is 5.92 Å². The smallest absolute Gasteiger partial charge is 0.338 e. The molecule has 2 atom stereocenters. The number of carbonyl (C=O) groups is 2. The van der Waals surface area contributed by atoms with E-state index in [0.717, 1.165) is 0 Å². The highest BCUT2D eigenvalue weighted by atomic mass is 32.2. The van der Waals surface area contributed by atoms with Crippen LogP contribution in [0.5, 0.6) is 0 Å². The number of carbonyl (C=O) groups excluding carboxylic acids is 2. The first-order chi connectivity index (χ1) is 13.0. The quantitative estimate of drug-likeness (QED) is 0.734. The van der Waals surface area contributed by atoms with Gasteiger partial charge in [-0.15, -0.1) is 11.8 Å². The van der Waals surface area contributed by atoms with E-state index < -0.39 is 18.0 Å². The van der Waals surface area contributed by atoms with Crippen molar-refractivity contribution in [1.82, 2.24) is 4.57 Å². The lowest BCUT2D eigenvalue weighted by Crippen LogP contribution is -2.39. The van der Waals surface area contributed by atoms with Gasteiger partial charge in [-0.3, -0.25) is 9.36 Å². The zero-order chi connectivity index (χ0) is 19.4. The topological polar surface area (TPSA) is 74.6 Å². The minimum Gasteiger partial charge on any atom is -0.464 e. The number of nitrogens with zero attached hydrogens (tertiary/aromatic N) is 1. The standard InChI is InChI=1S/C20H21NO5S/c1-3-25-20(24)17-13(2)12-27-18-15(9-10-16(22)21(17)18)11-26-19(23)14-7-5-4-6-8-14/h4-10,13,17H,3,11-12H2,1-2H3/t13-,17+/m1/s1. The van der Waals surface area contributed by atoms with Gasteiger partial charge in [0.05, 0.1) is 17.2 Å². The maximum atomic E-state index is 12.5. The van der Waals surface area contributed by atoms with E-state index in [-0.39, 0.29) is 24.7 Å². The summed E-state index contributed by atoms with van der Waals surface area (Å²) in [5.74, 6) is -0.211. The van der Waals surface area contributed by atoms with Gasteiger partial charge in [0.1, 0.15) is 12.6 Å². The molecule has 0 bridgehead atoms. The van der Waals surface area contributed by atoms with E-state index in [1.807, 2.05) is 13.0 Å². The largest absolute Gasteiger partial charge is 0.464 e. The van der Waals surface area contributed by atoms with E-state index in [1.54, 1.807) is 37.3 Å². The highest BCUT2D eigenvalue weighted by molar-refractivity contribution is 7.99. The number of fused-ring (bicyclic) bond motifs is 1. The molecule has 0 fully saturated rings. The number of hydrogen-bond donors (Lipinski definition) is 0. The lowest BCUT2D eigenvalue weighted by Gasteiger charge is -2.32. The molecule has 6 nitrogen and oxygen atoms in total. The third-order valence-corrected chi connectivity index (χ3v) is 5.78. The predicted molar refractivity (Wildman–Crippen MR) is 102 cm³/mol. The Morgan fingerprint density at radius 3 is 2.59 bits per heavy atom. The van der Waals surface area contributed by atoms with Crippen molar-refractivity contribution in [1.29, 1.82) is 0 Å². The minimum atomic E-state index is -0.668. The van der Waals surface area contributed by atoms with E-state index in [0.29, 0.717) is 21.9 Å². The van der Waals surface area contributed by atoms with Crippen molar-refractivity contribution in [2.45, 2.75) is 31.5 Å². The number of aromatic nitrogens is 1. The molecule has 0 aliphatic carbocycles. The average Bonchev–Trinajstić information content (AvgIpc) is 2.68. The van der Waals surface area contributed by atoms with Crippen LogP contribution < -0.4 is 5.56 Å². The molecule has 1 aliphatic rings. The molecule has 0 saturated carbocycles. The lowest BCUT2D eigenvalue weighted by atomic mass is 10.0. The van der Waals surface area contributed by atoms with E-state index >= 15 is 0 Å². The summed E-state index contributed by atoms with van der Waals surface area (Å²) in [6.45, 7) is 3.95. The first kappa shape index (κ1) is 19.2. The Bertz CT molecular complexity index is 893. The van der Waals surface area contributed by atoms with Crippen LogP contribution in [0.25, 0.3) is 0 Å². The van der Waals surface area contributed by atoms with Gasteiger partial charge in [-0.1, -0.05) is 25.1 Å². The second-order valence-corrected chi connectivity index (χ2v) is 7.31. The summed E-state index contributed by atoms with van der Waals surface area (Å²) in [4.78, 5) is 37.1. The normalized spacial score (nSPS) is 18.4. The summed E-state index contributed by atoms with van der Waals surface area (Å²) in [6.07, 6.45) is 0. The Kier molecular flexibility index (Phi) is 6.01. The molecule has 0 spiro atoms. The van der Waals surface area contributed by atoms with Crippen LogP contribution >= 0.6 is 11.8 Å². The highest BCUT2D eigenvalue weighted by Crippen LogP contribution is 2.36. The SMILES string of the molecule is CCOC(=O)[C@@H]1[C@H](C)CSc2c(COC(=O)c3ccccc3)ccc(=O)n21. The van der Waals surface area contributed by atoms with Crippen LogP contribution in [0.3, 0.4) is 0 Å². The molecule has 7 heteroatoms. The number of thioether (sulfide) groups is 1. The molecule has 2 heterocycles. The van der Waals surface area contributed by atoms with Crippen LogP contribution in [-0.4, -0.2) is 28.9 Å². The zero-order valence-corrected chi connectivity index (χ0v) is 16.0. The van der Waals surface area contributed by atoms with Gasteiger partial charge in [-0.05, 0) is 31.0 Å². The second-order valence-electron chi connectivity index (χ2n) is 6.30. The fraction of sp³-hybridized carbons (Fsp3) is 0.350. The molecule has 3 rings (SSSR count). The summed E-state index contributed by atoms with van der Waals surface area (Å²) >= 11 is 1.49. The van der Waals surface area contributed by atoms with Gasteiger partial charge in [0.15, 0.2) is 0 Å². The number of benzene rings is 1. The second kappa shape index (κ2) is 8.43. The number of pyridine rings is 1. The van der Waals surface area contributed by atoms with Gasteiger partial charge in [0, 0.05) is 17.4 Å². The zero-order valence-electron chi connectivity index (χ0n) is 15.2. The number of ether oxygens (including phenoxy) is 2. The fourth-order valence-electron chi connectivity index (χ4n) is 3.04. The Balaban J connectivity index is 1.87. The molecule has 0 saturated heterocycles. The van der Waals surface area contributed by atoms with Gasteiger partial charge in [0.2, 0.25) is 0 Å². The lowest BCUT2D eigenvalue weighted by molar-refractivity contribution is -0.149. The molecular weight excluding hydrogens is 366 g/mol. The molecule has 142 valence electrons. The van der Waals surface area contributed by atoms with Crippen LogP contribution in [0.1, 0.15) is 35.8 Å². The van der Waals surface area contributed by atoms with E-state index in [9.17, 15) is 14.4 Å². The molecule has 0 N–H and O–H groups in total. The molecule has 0 amide bonds. The van der Waals surface area contributed by atoms with E-state index in [4.69, 9.17) is 9.47 Å². The summed E-state index contributed by atoms with van der Waals surface area (Å²) < 4.78 is 12.0. The van der Waals surface area contributed by atoms with Crippen LogP contribution in [-0.2, 0) is 20.9 Å². The summed E-state index contributed by atoms with van der Waals surface area (Å²) in [5.41, 5.74) is 0.899. The number of hydrogen-bond acceptors (Lipinski definition) is 6. The van der Waals surface area contributed by atoms with Crippen molar-refractivity contribution in [2.75, 3.05) is 12.4 Å². The fourth-order valence-corrected chi connectivity index (χ4v) is 4.29. The minimum absolute atomic E-state index is 0.0280. The van der Waals surface area contributed by atoms with Crippen molar-refractivity contribution in [3.05, 3.63) is 63.9 Å². The Morgan fingerprint density at radius 1 is 1.15 bits per heavy atom. The first-order valence-corrected chi connectivity index (χ1v) is 9.77. The molecular formula is C20H21NO5S. The Hall–Kier alpha value is -2.54. The predicted octanol–water partition coefficient (Wildman–Crippen LogP) is 3.05. The first-order valence-electron chi connectivity index (χ1n) is 8.79. The van der Waals surface area contributed by atoms with Crippen molar-refractivity contribution in [3.63, 3.8) is 0 Å². The molecule has 1 aromatic carbocycles. The molecule has 1 aliphatic heterocycles. The number of rotatable bonds is 5. The summed E-state index contributed by atoms with van der Waals surface area (Å²) in [6, 6.07) is 11.1. The summed E-state index contributed by atoms with van der Waals surface area (Å²) in [7, 11) is 0. The van der Waals surface area contributed by atoms with Gasteiger partial charge in [-0.25, -0.2) is 9.59 Å². The highest BCUT2D eigenvalue weighted by Gasteiger charge is 2.35. The third-order valence-electron chi connectivity index (χ3n) is 4.35. The molecule has 0 radical (unpaired) electrons. The van der Waals surface area contributed by atoms with Crippen LogP contribution in [0, 0.1) is 5.92 Å². The molecule has 0 unspecified atom stereocenters. The van der Waals surface area contributed by atoms with E-state index in [1.165, 1.54) is 22.4 Å². The van der Waals surface area contributed by atoms with Gasteiger partial charge < -0.3 is 9.47 Å². The van der Waals surface area contributed by atoms with Crippen molar-refractivity contribution in [3.8, 4) is 0 Å². The van der Waals surface area contributed by atoms with Gasteiger partial charge >= 0.3 is 11.9 Å². The summed E-state index contributed by atoms with van der Waals surface area (Å²) in [5, 5.41) is 0.652. The maximum absolute atomic E-state index is 12.5. The molecule has 1 aromatic heterocycles. The van der Waals surface area contributed by atoms with Crippen molar-refractivity contribution >= 4 is 23.7 Å². The molecule has 27 heavy (non-hydrogen) atoms. The van der Waals surface area contributed by atoms with E-state index in [2.05, 4.69) is 0 Å². The third kappa shape index (κ3) is 4.08.